The number of benzene rings is 1. The fourth-order valence-electron chi connectivity index (χ4n) is 3.05. The Morgan fingerprint density at radius 1 is 1.25 bits per heavy atom. The molecule has 130 valence electrons. The summed E-state index contributed by atoms with van der Waals surface area (Å²) in [6, 6.07) is 8.22. The number of nitrogens with zero attached hydrogens (tertiary/aromatic N) is 2. The predicted molar refractivity (Wildman–Crippen MR) is 91.2 cm³/mol. The second-order valence-electron chi connectivity index (χ2n) is 6.21. The number of ether oxygens (including phenoxy) is 2. The summed E-state index contributed by atoms with van der Waals surface area (Å²) >= 11 is 0. The van der Waals surface area contributed by atoms with Gasteiger partial charge in [-0.15, -0.1) is 0 Å². The zero-order chi connectivity index (χ0) is 16.6. The molecule has 0 atom stereocenters. The minimum Gasteiger partial charge on any atom is -0.497 e. The van der Waals surface area contributed by atoms with E-state index in [1.807, 2.05) is 18.3 Å². The average molecular weight is 332 g/mol. The van der Waals surface area contributed by atoms with E-state index in [1.54, 1.807) is 12.0 Å². The van der Waals surface area contributed by atoms with Crippen LogP contribution in [0.3, 0.4) is 0 Å². The van der Waals surface area contributed by atoms with Gasteiger partial charge in [0.15, 0.2) is 5.82 Å². The van der Waals surface area contributed by atoms with Crippen LogP contribution in [0.5, 0.6) is 5.75 Å². The molecule has 0 aliphatic carbocycles. The van der Waals surface area contributed by atoms with Crippen LogP contribution in [0.4, 0.5) is 0 Å². The molecule has 6 heteroatoms. The third kappa shape index (κ3) is 4.80. The normalized spacial score (nSPS) is 15.5. The highest BCUT2D eigenvalue weighted by molar-refractivity contribution is 5.27. The van der Waals surface area contributed by atoms with Gasteiger partial charge < -0.3 is 24.3 Å². The van der Waals surface area contributed by atoms with Crippen molar-refractivity contribution in [2.24, 2.45) is 0 Å². The Morgan fingerprint density at radius 3 is 2.79 bits per heavy atom. The summed E-state index contributed by atoms with van der Waals surface area (Å²) < 4.78 is 12.8. The van der Waals surface area contributed by atoms with E-state index in [-0.39, 0.29) is 0 Å². The fourth-order valence-corrected chi connectivity index (χ4v) is 3.05. The number of quaternary nitrogens is 2. The van der Waals surface area contributed by atoms with Crippen molar-refractivity contribution < 1.29 is 19.7 Å². The Labute approximate surface area is 143 Å². The maximum absolute atomic E-state index is 5.40. The molecule has 3 N–H and O–H groups in total. The minimum atomic E-state index is 0.849. The first-order valence-corrected chi connectivity index (χ1v) is 8.71. The predicted octanol–water partition coefficient (Wildman–Crippen LogP) is -1.08. The number of hydrogen-bond donors (Lipinski definition) is 2. The summed E-state index contributed by atoms with van der Waals surface area (Å²) in [6.45, 7) is 8.19. The molecule has 1 fully saturated rings. The molecule has 2 aromatic rings. The van der Waals surface area contributed by atoms with Crippen molar-refractivity contribution in [2.45, 2.75) is 13.1 Å². The number of methoxy groups -OCH3 is 1. The van der Waals surface area contributed by atoms with Gasteiger partial charge in [-0.05, 0) is 17.7 Å². The molecule has 24 heavy (non-hydrogen) atoms. The summed E-state index contributed by atoms with van der Waals surface area (Å²) in [4.78, 5) is 6.16. The summed E-state index contributed by atoms with van der Waals surface area (Å²) in [5.41, 5.74) is 1.26. The van der Waals surface area contributed by atoms with Gasteiger partial charge in [0.05, 0.1) is 20.3 Å². The monoisotopic (exact) mass is 332 g/mol. The highest BCUT2D eigenvalue weighted by Gasteiger charge is 2.14. The van der Waals surface area contributed by atoms with Gasteiger partial charge in [0.1, 0.15) is 38.5 Å². The molecule has 1 aromatic carbocycles. The quantitative estimate of drug-likeness (QED) is 0.605. The van der Waals surface area contributed by atoms with Crippen LogP contribution in [0.1, 0.15) is 11.4 Å². The number of imidazole rings is 1. The van der Waals surface area contributed by atoms with Gasteiger partial charge in [-0.3, -0.25) is 0 Å². The van der Waals surface area contributed by atoms with Gasteiger partial charge in [0, 0.05) is 18.9 Å². The topological polar surface area (TPSA) is 57.3 Å². The Hall–Kier alpha value is -1.89. The van der Waals surface area contributed by atoms with Gasteiger partial charge in [0.25, 0.3) is 0 Å². The number of hydrogen-bond acceptors (Lipinski definition) is 3. The molecular formula is C18H28N4O2+2. The van der Waals surface area contributed by atoms with E-state index in [9.17, 15) is 0 Å². The maximum atomic E-state index is 5.40. The van der Waals surface area contributed by atoms with Gasteiger partial charge in [-0.25, -0.2) is 4.98 Å². The van der Waals surface area contributed by atoms with Gasteiger partial charge in [0.2, 0.25) is 0 Å². The molecule has 0 radical (unpaired) electrons. The van der Waals surface area contributed by atoms with Crippen molar-refractivity contribution in [2.75, 3.05) is 46.5 Å². The lowest BCUT2D eigenvalue weighted by Gasteiger charge is -2.22. The van der Waals surface area contributed by atoms with E-state index in [2.05, 4.69) is 33.2 Å². The molecule has 0 bridgehead atoms. The second kappa shape index (κ2) is 8.82. The van der Waals surface area contributed by atoms with E-state index < -0.39 is 0 Å². The van der Waals surface area contributed by atoms with Crippen LogP contribution < -0.4 is 15.0 Å². The van der Waals surface area contributed by atoms with E-state index >= 15 is 0 Å². The van der Waals surface area contributed by atoms with E-state index in [1.165, 1.54) is 12.1 Å². The second-order valence-corrected chi connectivity index (χ2v) is 6.21. The highest BCUT2D eigenvalue weighted by Crippen LogP contribution is 2.12. The van der Waals surface area contributed by atoms with E-state index in [0.29, 0.717) is 0 Å². The molecule has 0 amide bonds. The molecule has 2 heterocycles. The van der Waals surface area contributed by atoms with Crippen molar-refractivity contribution in [1.82, 2.24) is 9.55 Å². The molecule has 1 aliphatic heterocycles. The third-order valence-corrected chi connectivity index (χ3v) is 4.54. The molecule has 6 nitrogen and oxygen atoms in total. The first-order chi connectivity index (χ1) is 11.8. The lowest BCUT2D eigenvalue weighted by molar-refractivity contribution is -0.920. The molecule has 1 aliphatic rings. The van der Waals surface area contributed by atoms with Crippen LogP contribution in [-0.2, 0) is 17.8 Å². The lowest BCUT2D eigenvalue weighted by atomic mass is 10.2. The molecule has 0 saturated carbocycles. The standard InChI is InChI=1S/C18H26N4O2/c1-23-17-4-2-16(3-5-17)15-22-9-7-20-18(22)14-19-6-8-21-10-12-24-13-11-21/h2-5,7,9,19H,6,8,10-15H2,1H3/p+2. The van der Waals surface area contributed by atoms with Crippen molar-refractivity contribution in [3.63, 3.8) is 0 Å². The summed E-state index contributed by atoms with van der Waals surface area (Å²) in [5, 5.41) is 2.36. The van der Waals surface area contributed by atoms with Gasteiger partial charge >= 0.3 is 0 Å². The third-order valence-electron chi connectivity index (χ3n) is 4.54. The number of morpholine rings is 1. The largest absolute Gasteiger partial charge is 0.497 e. The fraction of sp³-hybridized carbons (Fsp3) is 0.500. The van der Waals surface area contributed by atoms with Crippen molar-refractivity contribution >= 4 is 0 Å². The number of nitrogens with two attached hydrogens (primary N) is 1. The summed E-state index contributed by atoms with van der Waals surface area (Å²) in [6.07, 6.45) is 3.94. The molecular weight excluding hydrogens is 304 g/mol. The van der Waals surface area contributed by atoms with Crippen molar-refractivity contribution in [1.29, 1.82) is 0 Å². The Balaban J connectivity index is 1.45. The van der Waals surface area contributed by atoms with Crippen LogP contribution in [0.2, 0.25) is 0 Å². The zero-order valence-electron chi connectivity index (χ0n) is 14.4. The molecule has 0 unspecified atom stereocenters. The maximum Gasteiger partial charge on any atom is 0.164 e. The van der Waals surface area contributed by atoms with Crippen molar-refractivity contribution in [3.8, 4) is 5.75 Å². The molecule has 1 aromatic heterocycles. The molecule has 3 rings (SSSR count). The minimum absolute atomic E-state index is 0.849. The van der Waals surface area contributed by atoms with Crippen LogP contribution in [0.25, 0.3) is 0 Å². The summed E-state index contributed by atoms with van der Waals surface area (Å²) in [7, 11) is 1.69. The van der Waals surface area contributed by atoms with Crippen LogP contribution in [-0.4, -0.2) is 56.1 Å². The van der Waals surface area contributed by atoms with Crippen LogP contribution >= 0.6 is 0 Å². The lowest BCUT2D eigenvalue weighted by Crippen LogP contribution is -3.16. The zero-order valence-corrected chi connectivity index (χ0v) is 14.4. The SMILES string of the molecule is COc1ccc(Cn2ccnc2C[NH2+]CC[NH+]2CCOCC2)cc1. The van der Waals surface area contributed by atoms with Crippen LogP contribution in [0, 0.1) is 0 Å². The van der Waals surface area contributed by atoms with E-state index in [0.717, 1.165) is 57.5 Å². The Morgan fingerprint density at radius 2 is 2.04 bits per heavy atom. The number of aromatic nitrogens is 2. The van der Waals surface area contributed by atoms with Gasteiger partial charge in [-0.2, -0.15) is 0 Å². The summed E-state index contributed by atoms with van der Waals surface area (Å²) in [5.74, 6) is 2.02. The highest BCUT2D eigenvalue weighted by atomic mass is 16.5. The molecule has 1 saturated heterocycles. The molecule has 0 spiro atoms. The van der Waals surface area contributed by atoms with Gasteiger partial charge in [-0.1, -0.05) is 12.1 Å². The Bertz CT molecular complexity index is 606. The van der Waals surface area contributed by atoms with Crippen molar-refractivity contribution in [3.05, 3.63) is 48.0 Å². The Kier molecular flexibility index (Phi) is 6.23. The smallest absolute Gasteiger partial charge is 0.164 e. The first-order valence-electron chi connectivity index (χ1n) is 8.71. The first kappa shape index (κ1) is 17.0. The number of nitrogens with one attached hydrogen (secondary N) is 1. The average Bonchev–Trinajstić information content (AvgIpc) is 3.07. The number of rotatable bonds is 8. The van der Waals surface area contributed by atoms with E-state index in [4.69, 9.17) is 9.47 Å². The van der Waals surface area contributed by atoms with Crippen LogP contribution in [0.15, 0.2) is 36.7 Å².